The standard InChI is InChI=1S/C13H14N2O3/c1-8-14-11-3-2-10(5-12(11)18-8)15-6-9(7-16)4-13(15)17/h2-3,5,9,16H,4,6-7H2,1H3. The van der Waals surface area contributed by atoms with Crippen molar-refractivity contribution in [3.8, 4) is 0 Å². The van der Waals surface area contributed by atoms with Gasteiger partial charge in [0.15, 0.2) is 11.5 Å². The Hall–Kier alpha value is -1.88. The maximum atomic E-state index is 11.9. The lowest BCUT2D eigenvalue weighted by Gasteiger charge is -2.15. The summed E-state index contributed by atoms with van der Waals surface area (Å²) in [5.41, 5.74) is 2.28. The zero-order valence-electron chi connectivity index (χ0n) is 10.1. The van der Waals surface area contributed by atoms with Crippen LogP contribution in [0.4, 0.5) is 5.69 Å². The van der Waals surface area contributed by atoms with Gasteiger partial charge in [-0.1, -0.05) is 0 Å². The van der Waals surface area contributed by atoms with Gasteiger partial charge in [0.2, 0.25) is 5.91 Å². The fraction of sp³-hybridized carbons (Fsp3) is 0.385. The molecule has 0 bridgehead atoms. The summed E-state index contributed by atoms with van der Waals surface area (Å²) in [7, 11) is 0. The third kappa shape index (κ3) is 1.76. The van der Waals surface area contributed by atoms with Gasteiger partial charge < -0.3 is 14.4 Å². The molecule has 1 aliphatic rings. The first-order chi connectivity index (χ1) is 8.67. The maximum absolute atomic E-state index is 11.9. The third-order valence-corrected chi connectivity index (χ3v) is 3.25. The summed E-state index contributed by atoms with van der Waals surface area (Å²) in [6.45, 7) is 2.41. The van der Waals surface area contributed by atoms with Crippen LogP contribution >= 0.6 is 0 Å². The number of benzene rings is 1. The van der Waals surface area contributed by atoms with Gasteiger partial charge in [0, 0.05) is 44.2 Å². The monoisotopic (exact) mass is 246 g/mol. The van der Waals surface area contributed by atoms with Crippen molar-refractivity contribution >= 4 is 22.7 Å². The highest BCUT2D eigenvalue weighted by atomic mass is 16.3. The number of aliphatic hydroxyl groups excluding tert-OH is 1. The normalized spacial score (nSPS) is 20.0. The quantitative estimate of drug-likeness (QED) is 0.871. The average molecular weight is 246 g/mol. The van der Waals surface area contributed by atoms with E-state index in [-0.39, 0.29) is 18.4 Å². The van der Waals surface area contributed by atoms with Gasteiger partial charge in [-0.15, -0.1) is 0 Å². The molecule has 1 fully saturated rings. The molecule has 18 heavy (non-hydrogen) atoms. The van der Waals surface area contributed by atoms with E-state index in [0.29, 0.717) is 24.4 Å². The van der Waals surface area contributed by atoms with Gasteiger partial charge in [-0.25, -0.2) is 4.98 Å². The van der Waals surface area contributed by atoms with Crippen LogP contribution in [-0.2, 0) is 4.79 Å². The minimum absolute atomic E-state index is 0.0321. The number of aryl methyl sites for hydroxylation is 1. The van der Waals surface area contributed by atoms with E-state index < -0.39 is 0 Å². The largest absolute Gasteiger partial charge is 0.441 e. The number of carbonyl (C=O) groups is 1. The lowest BCUT2D eigenvalue weighted by Crippen LogP contribution is -2.24. The summed E-state index contributed by atoms with van der Waals surface area (Å²) in [6, 6.07) is 5.54. The number of aromatic nitrogens is 1. The van der Waals surface area contributed by atoms with Gasteiger partial charge >= 0.3 is 0 Å². The van der Waals surface area contributed by atoms with Crippen LogP contribution in [-0.4, -0.2) is 29.1 Å². The molecule has 1 aromatic carbocycles. The van der Waals surface area contributed by atoms with Crippen LogP contribution < -0.4 is 4.90 Å². The number of carbonyl (C=O) groups excluding carboxylic acids is 1. The van der Waals surface area contributed by atoms with Crippen LogP contribution in [0, 0.1) is 12.8 Å². The molecule has 0 spiro atoms. The Bertz CT molecular complexity index is 605. The molecular formula is C13H14N2O3. The second-order valence-electron chi connectivity index (χ2n) is 4.64. The number of oxazole rings is 1. The first kappa shape index (κ1) is 11.2. The van der Waals surface area contributed by atoms with Gasteiger partial charge in [-0.05, 0) is 12.1 Å². The van der Waals surface area contributed by atoms with Gasteiger partial charge in [0.05, 0.1) is 0 Å². The molecule has 0 aliphatic carbocycles. The van der Waals surface area contributed by atoms with Crippen LogP contribution in [0.3, 0.4) is 0 Å². The summed E-state index contributed by atoms with van der Waals surface area (Å²) in [5, 5.41) is 9.12. The number of hydrogen-bond acceptors (Lipinski definition) is 4. The molecule has 3 rings (SSSR count). The summed E-state index contributed by atoms with van der Waals surface area (Å²) >= 11 is 0. The first-order valence-corrected chi connectivity index (χ1v) is 5.96. The molecule has 1 amide bonds. The number of nitrogens with zero attached hydrogens (tertiary/aromatic N) is 2. The highest BCUT2D eigenvalue weighted by molar-refractivity contribution is 5.97. The minimum atomic E-state index is 0.0321. The van der Waals surface area contributed by atoms with Crippen molar-refractivity contribution < 1.29 is 14.3 Å². The van der Waals surface area contributed by atoms with Crippen molar-refractivity contribution in [1.29, 1.82) is 0 Å². The molecule has 1 aliphatic heterocycles. The van der Waals surface area contributed by atoms with Gasteiger partial charge in [-0.2, -0.15) is 0 Å². The van der Waals surface area contributed by atoms with Gasteiger partial charge in [0.1, 0.15) is 5.52 Å². The summed E-state index contributed by atoms with van der Waals surface area (Å²) in [4.78, 5) is 17.8. The summed E-state index contributed by atoms with van der Waals surface area (Å²) in [6.07, 6.45) is 0.407. The molecule has 94 valence electrons. The van der Waals surface area contributed by atoms with Crippen molar-refractivity contribution in [3.05, 3.63) is 24.1 Å². The minimum Gasteiger partial charge on any atom is -0.441 e. The van der Waals surface area contributed by atoms with Crippen LogP contribution in [0.1, 0.15) is 12.3 Å². The highest BCUT2D eigenvalue weighted by Crippen LogP contribution is 2.28. The van der Waals surface area contributed by atoms with Crippen LogP contribution in [0.2, 0.25) is 0 Å². The number of fused-ring (bicyclic) bond motifs is 1. The van der Waals surface area contributed by atoms with Crippen molar-refractivity contribution in [2.24, 2.45) is 5.92 Å². The van der Waals surface area contributed by atoms with E-state index in [1.165, 1.54) is 0 Å². The topological polar surface area (TPSA) is 66.6 Å². The molecular weight excluding hydrogens is 232 g/mol. The van der Waals surface area contributed by atoms with Gasteiger partial charge in [0.25, 0.3) is 0 Å². The highest BCUT2D eigenvalue weighted by Gasteiger charge is 2.30. The predicted molar refractivity (Wildman–Crippen MR) is 66.3 cm³/mol. The Labute approximate surface area is 104 Å². The number of rotatable bonds is 2. The molecule has 1 aromatic heterocycles. The van der Waals surface area contributed by atoms with E-state index >= 15 is 0 Å². The predicted octanol–water partition coefficient (Wildman–Crippen LogP) is 1.48. The Kier molecular flexibility index (Phi) is 2.56. The van der Waals surface area contributed by atoms with E-state index in [0.717, 1.165) is 11.2 Å². The molecule has 1 saturated heterocycles. The second kappa shape index (κ2) is 4.10. The lowest BCUT2D eigenvalue weighted by molar-refractivity contribution is -0.117. The van der Waals surface area contributed by atoms with Gasteiger partial charge in [-0.3, -0.25) is 4.79 Å². The molecule has 0 saturated carbocycles. The average Bonchev–Trinajstić information content (AvgIpc) is 2.89. The zero-order valence-corrected chi connectivity index (χ0v) is 10.1. The Morgan fingerprint density at radius 2 is 2.39 bits per heavy atom. The van der Waals surface area contributed by atoms with Crippen molar-refractivity contribution in [1.82, 2.24) is 4.98 Å². The van der Waals surface area contributed by atoms with Crippen LogP contribution in [0.25, 0.3) is 11.1 Å². The molecule has 2 aromatic rings. The molecule has 5 heteroatoms. The van der Waals surface area contributed by atoms with Crippen LogP contribution in [0.15, 0.2) is 22.6 Å². The molecule has 1 unspecified atom stereocenters. The SMILES string of the molecule is Cc1nc2ccc(N3CC(CO)CC3=O)cc2o1. The maximum Gasteiger partial charge on any atom is 0.227 e. The van der Waals surface area contributed by atoms with Crippen molar-refractivity contribution in [3.63, 3.8) is 0 Å². The third-order valence-electron chi connectivity index (χ3n) is 3.25. The van der Waals surface area contributed by atoms with Crippen molar-refractivity contribution in [2.75, 3.05) is 18.1 Å². The number of aliphatic hydroxyl groups is 1. The molecule has 1 N–H and O–H groups in total. The molecule has 0 radical (unpaired) electrons. The van der Waals surface area contributed by atoms with E-state index in [9.17, 15) is 4.79 Å². The number of anilines is 1. The first-order valence-electron chi connectivity index (χ1n) is 5.96. The van der Waals surface area contributed by atoms with E-state index in [1.54, 1.807) is 11.8 Å². The lowest BCUT2D eigenvalue weighted by atomic mass is 10.1. The Balaban J connectivity index is 1.96. The van der Waals surface area contributed by atoms with Crippen molar-refractivity contribution in [2.45, 2.75) is 13.3 Å². The smallest absolute Gasteiger partial charge is 0.227 e. The van der Waals surface area contributed by atoms with E-state index in [1.807, 2.05) is 18.2 Å². The van der Waals surface area contributed by atoms with E-state index in [4.69, 9.17) is 9.52 Å². The molecule has 2 heterocycles. The number of hydrogen-bond donors (Lipinski definition) is 1. The Morgan fingerprint density at radius 1 is 1.56 bits per heavy atom. The second-order valence-corrected chi connectivity index (χ2v) is 4.64. The number of amides is 1. The van der Waals surface area contributed by atoms with E-state index in [2.05, 4.69) is 4.98 Å². The molecule has 5 nitrogen and oxygen atoms in total. The fourth-order valence-corrected chi connectivity index (χ4v) is 2.35. The molecule has 1 atom stereocenters. The summed E-state index contributed by atoms with van der Waals surface area (Å²) < 4.78 is 5.46. The Morgan fingerprint density at radius 3 is 3.11 bits per heavy atom. The summed E-state index contributed by atoms with van der Waals surface area (Å²) in [5.74, 6) is 0.692. The fourth-order valence-electron chi connectivity index (χ4n) is 2.35. The van der Waals surface area contributed by atoms with Crippen LogP contribution in [0.5, 0.6) is 0 Å². The zero-order chi connectivity index (χ0) is 12.7.